The van der Waals surface area contributed by atoms with Gasteiger partial charge < -0.3 is 15.5 Å². The van der Waals surface area contributed by atoms with Gasteiger partial charge in [-0.2, -0.15) is 0 Å². The Balaban J connectivity index is 1.35. The molecule has 1 aliphatic heterocycles. The van der Waals surface area contributed by atoms with E-state index in [4.69, 9.17) is 0 Å². The van der Waals surface area contributed by atoms with Gasteiger partial charge in [0.15, 0.2) is 0 Å². The van der Waals surface area contributed by atoms with Crippen LogP contribution in [0, 0.1) is 0 Å². The van der Waals surface area contributed by atoms with E-state index in [1.54, 1.807) is 0 Å². The molecular weight excluding hydrogens is 346 g/mol. The number of likely N-dealkylation sites (N-methyl/N-ethyl adjacent to an activating group) is 1. The summed E-state index contributed by atoms with van der Waals surface area (Å²) in [5, 5.41) is 6.37. The summed E-state index contributed by atoms with van der Waals surface area (Å²) in [7, 11) is 2.02. The van der Waals surface area contributed by atoms with Gasteiger partial charge in [0.05, 0.1) is 0 Å². The molecule has 1 atom stereocenters. The van der Waals surface area contributed by atoms with Crippen LogP contribution >= 0.6 is 0 Å². The molecule has 4 rings (SSSR count). The zero-order valence-electron chi connectivity index (χ0n) is 16.8. The van der Waals surface area contributed by atoms with Crippen molar-refractivity contribution in [2.24, 2.45) is 0 Å². The Morgan fingerprint density at radius 3 is 2.29 bits per heavy atom. The molecule has 2 fully saturated rings. The predicted molar refractivity (Wildman–Crippen MR) is 116 cm³/mol. The van der Waals surface area contributed by atoms with E-state index in [1.165, 1.54) is 49.8 Å². The number of carbonyl (C=O) groups excluding carboxylic acids is 1. The van der Waals surface area contributed by atoms with E-state index < -0.39 is 0 Å². The van der Waals surface area contributed by atoms with E-state index in [2.05, 4.69) is 39.8 Å². The molecule has 1 aliphatic carbocycles. The second-order valence-electron chi connectivity index (χ2n) is 8.18. The molecule has 2 aromatic carbocycles. The molecule has 0 spiro atoms. The molecule has 148 valence electrons. The Hall–Kier alpha value is -2.33. The number of hydrogen-bond donors (Lipinski definition) is 2. The summed E-state index contributed by atoms with van der Waals surface area (Å²) in [6, 6.07) is 17.0. The fraction of sp³-hybridized carbons (Fsp3) is 0.458. The van der Waals surface area contributed by atoms with E-state index in [-0.39, 0.29) is 5.91 Å². The van der Waals surface area contributed by atoms with Crippen LogP contribution in [0.4, 0.5) is 11.4 Å². The molecule has 0 bridgehead atoms. The number of anilines is 2. The maximum atomic E-state index is 12.6. The molecular formula is C24H31N3O. The molecule has 1 saturated heterocycles. The van der Waals surface area contributed by atoms with Crippen molar-refractivity contribution in [1.82, 2.24) is 5.32 Å². The Morgan fingerprint density at radius 1 is 0.929 bits per heavy atom. The lowest BCUT2D eigenvalue weighted by Crippen LogP contribution is -2.29. The topological polar surface area (TPSA) is 44.4 Å². The van der Waals surface area contributed by atoms with Crippen molar-refractivity contribution in [2.75, 3.05) is 30.4 Å². The van der Waals surface area contributed by atoms with Crippen molar-refractivity contribution in [3.8, 4) is 0 Å². The zero-order valence-corrected chi connectivity index (χ0v) is 16.8. The first-order valence-electron chi connectivity index (χ1n) is 10.7. The van der Waals surface area contributed by atoms with Crippen molar-refractivity contribution in [3.05, 3.63) is 59.7 Å². The number of nitrogens with one attached hydrogen (secondary N) is 2. The van der Waals surface area contributed by atoms with Gasteiger partial charge >= 0.3 is 0 Å². The number of hydrogen-bond acceptors (Lipinski definition) is 3. The van der Waals surface area contributed by atoms with Gasteiger partial charge in [-0.3, -0.25) is 4.79 Å². The number of benzene rings is 2. The molecule has 1 heterocycles. The van der Waals surface area contributed by atoms with Crippen molar-refractivity contribution < 1.29 is 4.79 Å². The molecule has 4 heteroatoms. The average Bonchev–Trinajstić information content (AvgIpc) is 3.24. The van der Waals surface area contributed by atoms with E-state index in [9.17, 15) is 4.79 Å². The smallest absolute Gasteiger partial charge is 0.255 e. The van der Waals surface area contributed by atoms with Crippen LogP contribution < -0.4 is 15.5 Å². The van der Waals surface area contributed by atoms with Crippen LogP contribution in [0.2, 0.25) is 0 Å². The zero-order chi connectivity index (χ0) is 19.3. The summed E-state index contributed by atoms with van der Waals surface area (Å²) in [4.78, 5) is 15.0. The molecule has 1 saturated carbocycles. The first kappa shape index (κ1) is 19.0. The highest BCUT2D eigenvalue weighted by molar-refractivity contribution is 6.04. The van der Waals surface area contributed by atoms with E-state index in [1.807, 2.05) is 31.3 Å². The van der Waals surface area contributed by atoms with Crippen molar-refractivity contribution >= 4 is 17.3 Å². The van der Waals surface area contributed by atoms with Gasteiger partial charge in [-0.1, -0.05) is 31.4 Å². The summed E-state index contributed by atoms with van der Waals surface area (Å²) >= 11 is 0. The van der Waals surface area contributed by atoms with E-state index in [0.717, 1.165) is 24.3 Å². The van der Waals surface area contributed by atoms with Crippen LogP contribution in [0.25, 0.3) is 0 Å². The second kappa shape index (κ2) is 8.78. The Labute approximate surface area is 168 Å². The van der Waals surface area contributed by atoms with Crippen LogP contribution in [0.1, 0.15) is 60.4 Å². The Bertz CT molecular complexity index is 779. The molecule has 1 amide bonds. The second-order valence-corrected chi connectivity index (χ2v) is 8.18. The van der Waals surface area contributed by atoms with Crippen molar-refractivity contribution in [1.29, 1.82) is 0 Å². The normalized spacial score (nSPS) is 20.3. The van der Waals surface area contributed by atoms with Crippen molar-refractivity contribution in [2.45, 2.75) is 50.5 Å². The molecule has 28 heavy (non-hydrogen) atoms. The minimum Gasteiger partial charge on any atom is -0.370 e. The first-order chi connectivity index (χ1) is 13.7. The molecule has 1 unspecified atom stereocenters. The fourth-order valence-corrected chi connectivity index (χ4v) is 4.53. The summed E-state index contributed by atoms with van der Waals surface area (Å²) in [5.74, 6) is 0.630. The molecule has 0 radical (unpaired) electrons. The van der Waals surface area contributed by atoms with Gasteiger partial charge in [0.2, 0.25) is 0 Å². The van der Waals surface area contributed by atoms with Crippen LogP contribution in [-0.2, 0) is 0 Å². The summed E-state index contributed by atoms with van der Waals surface area (Å²) in [6.45, 7) is 2.11. The van der Waals surface area contributed by atoms with Crippen LogP contribution in [0.3, 0.4) is 0 Å². The standard InChI is InChI=1S/C24H31N3O/c1-25-22-15-16-27(17-22)23-13-11-21(12-14-23)26-24(28)20-9-7-19(8-10-20)18-5-3-2-4-6-18/h7-14,18,22,25H,2-6,15-17H2,1H3,(H,26,28). The van der Waals surface area contributed by atoms with Crippen LogP contribution in [0.5, 0.6) is 0 Å². The molecule has 2 aromatic rings. The van der Waals surface area contributed by atoms with Crippen LogP contribution in [-0.4, -0.2) is 32.1 Å². The number of rotatable bonds is 5. The lowest BCUT2D eigenvalue weighted by Gasteiger charge is -2.22. The average molecular weight is 378 g/mol. The third-order valence-corrected chi connectivity index (χ3v) is 6.34. The van der Waals surface area contributed by atoms with Crippen molar-refractivity contribution in [3.63, 3.8) is 0 Å². The highest BCUT2D eigenvalue weighted by Gasteiger charge is 2.21. The van der Waals surface area contributed by atoms with Gasteiger partial charge in [0.1, 0.15) is 0 Å². The maximum absolute atomic E-state index is 12.6. The summed E-state index contributed by atoms with van der Waals surface area (Å²) < 4.78 is 0. The van der Waals surface area contributed by atoms with Gasteiger partial charge in [-0.15, -0.1) is 0 Å². The first-order valence-corrected chi connectivity index (χ1v) is 10.7. The number of nitrogens with zero attached hydrogens (tertiary/aromatic N) is 1. The lowest BCUT2D eigenvalue weighted by molar-refractivity contribution is 0.102. The summed E-state index contributed by atoms with van der Waals surface area (Å²) in [5.41, 5.74) is 4.16. The van der Waals surface area contributed by atoms with Gasteiger partial charge in [0.25, 0.3) is 5.91 Å². The molecule has 4 nitrogen and oxygen atoms in total. The highest BCUT2D eigenvalue weighted by Crippen LogP contribution is 2.32. The third-order valence-electron chi connectivity index (χ3n) is 6.34. The highest BCUT2D eigenvalue weighted by atomic mass is 16.1. The van der Waals surface area contributed by atoms with E-state index in [0.29, 0.717) is 12.0 Å². The monoisotopic (exact) mass is 377 g/mol. The SMILES string of the molecule is CNC1CCN(c2ccc(NC(=O)c3ccc(C4CCCCC4)cc3)cc2)C1. The Kier molecular flexibility index (Phi) is 5.96. The van der Waals surface area contributed by atoms with Gasteiger partial charge in [-0.05, 0) is 74.2 Å². The Morgan fingerprint density at radius 2 is 1.64 bits per heavy atom. The quantitative estimate of drug-likeness (QED) is 0.788. The van der Waals surface area contributed by atoms with E-state index >= 15 is 0 Å². The maximum Gasteiger partial charge on any atom is 0.255 e. The number of amides is 1. The predicted octanol–water partition coefficient (Wildman–Crippen LogP) is 4.78. The van der Waals surface area contributed by atoms with Crippen LogP contribution in [0.15, 0.2) is 48.5 Å². The third kappa shape index (κ3) is 4.39. The molecule has 2 aliphatic rings. The minimum atomic E-state index is -0.0423. The number of carbonyl (C=O) groups is 1. The summed E-state index contributed by atoms with van der Waals surface area (Å²) in [6.07, 6.45) is 7.76. The molecule has 0 aromatic heterocycles. The molecule has 2 N–H and O–H groups in total. The van der Waals surface area contributed by atoms with Gasteiger partial charge in [-0.25, -0.2) is 0 Å². The van der Waals surface area contributed by atoms with Gasteiger partial charge in [0, 0.05) is 36.1 Å². The lowest BCUT2D eigenvalue weighted by atomic mass is 9.84. The minimum absolute atomic E-state index is 0.0423. The fourth-order valence-electron chi connectivity index (χ4n) is 4.53. The largest absolute Gasteiger partial charge is 0.370 e.